The summed E-state index contributed by atoms with van der Waals surface area (Å²) in [5, 5.41) is 0. The van der Waals surface area contributed by atoms with Crippen LogP contribution in [-0.2, 0) is 9.84 Å². The smallest absolute Gasteiger partial charge is 0.253 e. The van der Waals surface area contributed by atoms with E-state index in [1.165, 1.54) is 12.1 Å². The van der Waals surface area contributed by atoms with Crippen molar-refractivity contribution < 1.29 is 13.2 Å². The second-order valence-electron chi connectivity index (χ2n) is 5.79. The van der Waals surface area contributed by atoms with E-state index >= 15 is 0 Å². The Labute approximate surface area is 131 Å². The molecule has 1 fully saturated rings. The Kier molecular flexibility index (Phi) is 5.41. The molecule has 0 radical (unpaired) electrons. The number of sulfone groups is 1. The maximum Gasteiger partial charge on any atom is 0.253 e. The Bertz CT molecular complexity index is 633. The Morgan fingerprint density at radius 2 is 2.10 bits per heavy atom. The first kappa shape index (κ1) is 17.9. The third-order valence-corrected chi connectivity index (χ3v) is 4.96. The number of hydrogen-bond donors (Lipinski definition) is 1. The Morgan fingerprint density at radius 3 is 2.62 bits per heavy atom. The minimum Gasteiger partial charge on any atom is -0.338 e. The zero-order valence-electron chi connectivity index (χ0n) is 12.2. The zero-order valence-corrected chi connectivity index (χ0v) is 13.8. The van der Waals surface area contributed by atoms with Gasteiger partial charge in [0.15, 0.2) is 9.84 Å². The number of hydrogen-bond acceptors (Lipinski definition) is 4. The van der Waals surface area contributed by atoms with Crippen LogP contribution in [0.3, 0.4) is 0 Å². The van der Waals surface area contributed by atoms with Gasteiger partial charge in [0, 0.05) is 24.9 Å². The normalized spacial score (nSPS) is 22.0. The van der Waals surface area contributed by atoms with Crippen LogP contribution in [0, 0.1) is 5.41 Å². The van der Waals surface area contributed by atoms with E-state index in [0.29, 0.717) is 25.2 Å². The van der Waals surface area contributed by atoms with Crippen LogP contribution < -0.4 is 5.73 Å². The van der Waals surface area contributed by atoms with Crippen LogP contribution in [-0.4, -0.2) is 45.1 Å². The summed E-state index contributed by atoms with van der Waals surface area (Å²) in [6.07, 6.45) is 2.01. The highest BCUT2D eigenvalue weighted by Crippen LogP contribution is 2.29. The molecule has 0 bridgehead atoms. The van der Waals surface area contributed by atoms with Gasteiger partial charge in [-0.3, -0.25) is 4.79 Å². The maximum atomic E-state index is 12.4. The van der Waals surface area contributed by atoms with Gasteiger partial charge in [-0.2, -0.15) is 0 Å². The second kappa shape index (κ2) is 6.34. The van der Waals surface area contributed by atoms with Crippen LogP contribution >= 0.6 is 12.4 Å². The molecule has 1 atom stereocenters. The fourth-order valence-corrected chi connectivity index (χ4v) is 3.07. The van der Waals surface area contributed by atoms with E-state index in [4.69, 9.17) is 5.73 Å². The molecule has 1 saturated heterocycles. The zero-order chi connectivity index (χ0) is 15.0. The molecule has 1 unspecified atom stereocenters. The average molecular weight is 333 g/mol. The van der Waals surface area contributed by atoms with Crippen molar-refractivity contribution in [3.63, 3.8) is 0 Å². The summed E-state index contributed by atoms with van der Waals surface area (Å²) in [4.78, 5) is 14.3. The van der Waals surface area contributed by atoms with Crippen LogP contribution in [0.15, 0.2) is 29.2 Å². The number of carbonyl (C=O) groups excluding carboxylic acids is 1. The highest BCUT2D eigenvalue weighted by atomic mass is 35.5. The van der Waals surface area contributed by atoms with Crippen molar-refractivity contribution in [3.05, 3.63) is 29.8 Å². The third-order valence-electron chi connectivity index (χ3n) is 3.85. The molecular formula is C14H21ClN2O3S. The van der Waals surface area contributed by atoms with Gasteiger partial charge in [0.05, 0.1) is 4.90 Å². The molecule has 1 aliphatic heterocycles. The topological polar surface area (TPSA) is 80.5 Å². The molecule has 1 aromatic carbocycles. The summed E-state index contributed by atoms with van der Waals surface area (Å²) in [5.74, 6) is -0.132. The standard InChI is InChI=1S/C14H20N2O3S.ClH/c1-14(9-15)6-7-16(10-14)13(17)11-4-3-5-12(8-11)20(2,18)19;/h3-5,8H,6-7,9-10,15H2,1-2H3;1H. The highest BCUT2D eigenvalue weighted by molar-refractivity contribution is 7.90. The molecular weight excluding hydrogens is 312 g/mol. The predicted molar refractivity (Wildman–Crippen MR) is 84.5 cm³/mol. The lowest BCUT2D eigenvalue weighted by Crippen LogP contribution is -2.34. The Hall–Kier alpha value is -1.11. The van der Waals surface area contributed by atoms with Gasteiger partial charge in [-0.15, -0.1) is 12.4 Å². The van der Waals surface area contributed by atoms with E-state index in [9.17, 15) is 13.2 Å². The van der Waals surface area contributed by atoms with E-state index < -0.39 is 9.84 Å². The number of amides is 1. The first-order chi connectivity index (χ1) is 9.25. The lowest BCUT2D eigenvalue weighted by Gasteiger charge is -2.22. The third kappa shape index (κ3) is 3.96. The summed E-state index contributed by atoms with van der Waals surface area (Å²) in [6, 6.07) is 6.19. The van der Waals surface area contributed by atoms with Gasteiger partial charge in [-0.1, -0.05) is 13.0 Å². The van der Waals surface area contributed by atoms with Gasteiger partial charge < -0.3 is 10.6 Å². The fourth-order valence-electron chi connectivity index (χ4n) is 2.41. The first-order valence-corrected chi connectivity index (χ1v) is 8.44. The van der Waals surface area contributed by atoms with Crippen molar-refractivity contribution in [2.45, 2.75) is 18.2 Å². The van der Waals surface area contributed by atoms with Gasteiger partial charge in [-0.25, -0.2) is 8.42 Å². The number of nitrogens with two attached hydrogens (primary N) is 1. The molecule has 0 saturated carbocycles. The van der Waals surface area contributed by atoms with Crippen molar-refractivity contribution in [2.24, 2.45) is 11.1 Å². The Balaban J connectivity index is 0.00000220. The minimum atomic E-state index is -3.30. The van der Waals surface area contributed by atoms with Crippen molar-refractivity contribution in [1.29, 1.82) is 0 Å². The van der Waals surface area contributed by atoms with Gasteiger partial charge in [0.2, 0.25) is 0 Å². The second-order valence-corrected chi connectivity index (χ2v) is 7.81. The molecule has 2 rings (SSSR count). The molecule has 7 heteroatoms. The monoisotopic (exact) mass is 332 g/mol. The van der Waals surface area contributed by atoms with Crippen LogP contribution in [0.2, 0.25) is 0 Å². The number of halogens is 1. The van der Waals surface area contributed by atoms with E-state index in [0.717, 1.165) is 12.7 Å². The number of nitrogens with zero attached hydrogens (tertiary/aromatic N) is 1. The highest BCUT2D eigenvalue weighted by Gasteiger charge is 2.35. The molecule has 0 spiro atoms. The SMILES string of the molecule is CC1(CN)CCN(C(=O)c2cccc(S(C)(=O)=O)c2)C1.Cl. The molecule has 0 aromatic heterocycles. The molecule has 118 valence electrons. The van der Waals surface area contributed by atoms with Crippen LogP contribution in [0.4, 0.5) is 0 Å². The van der Waals surface area contributed by atoms with Crippen molar-refractivity contribution in [1.82, 2.24) is 4.90 Å². The summed E-state index contributed by atoms with van der Waals surface area (Å²) >= 11 is 0. The minimum absolute atomic E-state index is 0. The van der Waals surface area contributed by atoms with E-state index in [1.54, 1.807) is 17.0 Å². The summed E-state index contributed by atoms with van der Waals surface area (Å²) in [7, 11) is -3.30. The molecule has 5 nitrogen and oxygen atoms in total. The lowest BCUT2D eigenvalue weighted by molar-refractivity contribution is 0.0776. The molecule has 1 amide bonds. The number of likely N-dealkylation sites (tertiary alicyclic amines) is 1. The molecule has 1 heterocycles. The molecule has 2 N–H and O–H groups in total. The average Bonchev–Trinajstić information content (AvgIpc) is 2.80. The summed E-state index contributed by atoms with van der Waals surface area (Å²) < 4.78 is 23.1. The van der Waals surface area contributed by atoms with E-state index in [2.05, 4.69) is 6.92 Å². The van der Waals surface area contributed by atoms with Crippen LogP contribution in [0.5, 0.6) is 0 Å². The predicted octanol–water partition coefficient (Wildman–Crippen LogP) is 1.32. The van der Waals surface area contributed by atoms with Crippen LogP contribution in [0.25, 0.3) is 0 Å². The molecule has 1 aliphatic rings. The molecule has 1 aromatic rings. The maximum absolute atomic E-state index is 12.4. The van der Waals surface area contributed by atoms with Gasteiger partial charge in [0.25, 0.3) is 5.91 Å². The first-order valence-electron chi connectivity index (χ1n) is 6.55. The molecule has 21 heavy (non-hydrogen) atoms. The van der Waals surface area contributed by atoms with Gasteiger partial charge in [-0.05, 0) is 36.6 Å². The summed E-state index contributed by atoms with van der Waals surface area (Å²) in [6.45, 7) is 3.88. The van der Waals surface area contributed by atoms with Crippen LogP contribution in [0.1, 0.15) is 23.7 Å². The van der Waals surface area contributed by atoms with E-state index in [1.807, 2.05) is 0 Å². The summed E-state index contributed by atoms with van der Waals surface area (Å²) in [5.41, 5.74) is 6.11. The molecule has 0 aliphatic carbocycles. The largest absolute Gasteiger partial charge is 0.338 e. The fraction of sp³-hybridized carbons (Fsp3) is 0.500. The van der Waals surface area contributed by atoms with Crippen molar-refractivity contribution >= 4 is 28.2 Å². The number of benzene rings is 1. The van der Waals surface area contributed by atoms with Crippen molar-refractivity contribution in [2.75, 3.05) is 25.9 Å². The quantitative estimate of drug-likeness (QED) is 0.905. The Morgan fingerprint density at radius 1 is 1.43 bits per heavy atom. The van der Waals surface area contributed by atoms with Crippen molar-refractivity contribution in [3.8, 4) is 0 Å². The van der Waals surface area contributed by atoms with Gasteiger partial charge >= 0.3 is 0 Å². The number of carbonyl (C=O) groups is 1. The van der Waals surface area contributed by atoms with Gasteiger partial charge in [0.1, 0.15) is 0 Å². The number of rotatable bonds is 3. The van der Waals surface area contributed by atoms with E-state index in [-0.39, 0.29) is 28.6 Å². The lowest BCUT2D eigenvalue weighted by atomic mass is 9.90.